The monoisotopic (exact) mass is 442 g/mol. The van der Waals surface area contributed by atoms with Gasteiger partial charge in [0.25, 0.3) is 0 Å². The van der Waals surface area contributed by atoms with Crippen LogP contribution < -0.4 is 5.32 Å². The Labute approximate surface area is 156 Å². The maximum atomic E-state index is 11.8. The third-order valence-electron chi connectivity index (χ3n) is 3.74. The second kappa shape index (κ2) is 11.4. The molecule has 1 rings (SSSR count). The number of rotatable bonds is 5. The number of carbonyl (C=O) groups is 1. The molecular weight excluding hydrogens is 411 g/mol. The number of nitrogens with zero attached hydrogens (tertiary/aromatic N) is 3. The number of carbonyl (C=O) groups excluding carboxylic acids is 1. The molecule has 0 spiro atoms. The van der Waals surface area contributed by atoms with E-state index < -0.39 is 0 Å². The molecule has 1 heterocycles. The van der Waals surface area contributed by atoms with E-state index in [0.29, 0.717) is 11.3 Å². The zero-order chi connectivity index (χ0) is 15.8. The molecule has 0 aliphatic carbocycles. The van der Waals surface area contributed by atoms with Gasteiger partial charge in [0.15, 0.2) is 5.96 Å². The Morgan fingerprint density at radius 2 is 2.14 bits per heavy atom. The molecule has 1 aliphatic heterocycles. The predicted molar refractivity (Wildman–Crippen MR) is 107 cm³/mol. The maximum Gasteiger partial charge on any atom is 0.243 e. The highest BCUT2D eigenvalue weighted by Gasteiger charge is 2.22. The lowest BCUT2D eigenvalue weighted by Gasteiger charge is -2.35. The van der Waals surface area contributed by atoms with Gasteiger partial charge < -0.3 is 15.1 Å². The number of thioether (sulfide) groups is 1. The van der Waals surface area contributed by atoms with Crippen LogP contribution in [0.2, 0.25) is 0 Å². The SMILES string of the molecule is CCC(C)NC(=NCC(=O)N(C)C)N1CCSC(CC)C1.I. The molecule has 2 atom stereocenters. The summed E-state index contributed by atoms with van der Waals surface area (Å²) in [6.45, 7) is 8.77. The topological polar surface area (TPSA) is 47.9 Å². The van der Waals surface area contributed by atoms with Crippen LogP contribution in [-0.2, 0) is 4.79 Å². The third-order valence-corrected chi connectivity index (χ3v) is 5.12. The fourth-order valence-electron chi connectivity index (χ4n) is 2.00. The van der Waals surface area contributed by atoms with Gasteiger partial charge in [-0.05, 0) is 19.8 Å². The fraction of sp³-hybridized carbons (Fsp3) is 0.867. The zero-order valence-electron chi connectivity index (χ0n) is 14.5. The quantitative estimate of drug-likeness (QED) is 0.403. The van der Waals surface area contributed by atoms with E-state index >= 15 is 0 Å². The van der Waals surface area contributed by atoms with Crippen LogP contribution in [0.5, 0.6) is 0 Å². The molecule has 0 aromatic carbocycles. The fourth-order valence-corrected chi connectivity index (χ4v) is 3.18. The van der Waals surface area contributed by atoms with E-state index in [-0.39, 0.29) is 36.4 Å². The molecule has 130 valence electrons. The lowest BCUT2D eigenvalue weighted by atomic mass is 10.2. The van der Waals surface area contributed by atoms with E-state index in [1.54, 1.807) is 19.0 Å². The smallest absolute Gasteiger partial charge is 0.243 e. The summed E-state index contributed by atoms with van der Waals surface area (Å²) in [6.07, 6.45) is 2.22. The maximum absolute atomic E-state index is 11.8. The first-order valence-corrected chi connectivity index (χ1v) is 8.90. The standard InChI is InChI=1S/C15H30N4OS.HI/c1-6-12(3)17-15(16-10-14(20)18(4)5)19-8-9-21-13(7-2)11-19;/h12-13H,6-11H2,1-5H3,(H,16,17);1H. The lowest BCUT2D eigenvalue weighted by molar-refractivity contribution is -0.127. The van der Waals surface area contributed by atoms with Crippen molar-refractivity contribution < 1.29 is 4.79 Å². The Bertz CT molecular complexity index is 365. The van der Waals surface area contributed by atoms with Gasteiger partial charge in [0.2, 0.25) is 5.91 Å². The van der Waals surface area contributed by atoms with Crippen molar-refractivity contribution in [2.24, 2.45) is 4.99 Å². The number of amides is 1. The molecule has 1 saturated heterocycles. The Kier molecular flexibility index (Phi) is 11.3. The Morgan fingerprint density at radius 3 is 2.68 bits per heavy atom. The van der Waals surface area contributed by atoms with Crippen LogP contribution >= 0.6 is 35.7 Å². The summed E-state index contributed by atoms with van der Waals surface area (Å²) in [4.78, 5) is 20.2. The zero-order valence-corrected chi connectivity index (χ0v) is 17.6. The van der Waals surface area contributed by atoms with Crippen LogP contribution in [0, 0.1) is 0 Å². The molecule has 1 amide bonds. The minimum atomic E-state index is 0. The van der Waals surface area contributed by atoms with Gasteiger partial charge in [-0.3, -0.25) is 4.79 Å². The molecule has 2 unspecified atom stereocenters. The highest BCUT2D eigenvalue weighted by Crippen LogP contribution is 2.21. The molecule has 0 saturated carbocycles. The van der Waals surface area contributed by atoms with Gasteiger partial charge in [-0.2, -0.15) is 11.8 Å². The summed E-state index contributed by atoms with van der Waals surface area (Å²) in [5, 5.41) is 4.13. The molecule has 1 N–H and O–H groups in total. The van der Waals surface area contributed by atoms with Crippen LogP contribution in [0.3, 0.4) is 0 Å². The predicted octanol–water partition coefficient (Wildman–Crippen LogP) is 2.26. The van der Waals surface area contributed by atoms with E-state index in [0.717, 1.165) is 31.2 Å². The molecule has 1 fully saturated rings. The second-order valence-electron chi connectivity index (χ2n) is 5.73. The average molecular weight is 442 g/mol. The number of aliphatic imine (C=N–C) groups is 1. The van der Waals surface area contributed by atoms with Crippen molar-refractivity contribution in [3.05, 3.63) is 0 Å². The number of guanidine groups is 1. The van der Waals surface area contributed by atoms with E-state index in [1.807, 2.05) is 11.8 Å². The van der Waals surface area contributed by atoms with Crippen molar-refractivity contribution in [2.75, 3.05) is 39.5 Å². The van der Waals surface area contributed by atoms with Crippen LogP contribution in [0.25, 0.3) is 0 Å². The second-order valence-corrected chi connectivity index (χ2v) is 7.14. The highest BCUT2D eigenvalue weighted by atomic mass is 127. The first-order valence-electron chi connectivity index (χ1n) is 7.85. The van der Waals surface area contributed by atoms with E-state index in [4.69, 9.17) is 0 Å². The minimum Gasteiger partial charge on any atom is -0.354 e. The Hall–Kier alpha value is -0.180. The molecule has 1 aliphatic rings. The molecule has 0 aromatic heterocycles. The largest absolute Gasteiger partial charge is 0.354 e. The van der Waals surface area contributed by atoms with Gasteiger partial charge in [-0.15, -0.1) is 24.0 Å². The van der Waals surface area contributed by atoms with Gasteiger partial charge in [0, 0.05) is 44.2 Å². The number of hydrogen-bond acceptors (Lipinski definition) is 3. The van der Waals surface area contributed by atoms with Crippen molar-refractivity contribution in [1.82, 2.24) is 15.1 Å². The van der Waals surface area contributed by atoms with Crippen LogP contribution in [0.1, 0.15) is 33.6 Å². The summed E-state index contributed by atoms with van der Waals surface area (Å²) in [7, 11) is 3.54. The molecule has 0 radical (unpaired) electrons. The number of halogens is 1. The van der Waals surface area contributed by atoms with Crippen molar-refractivity contribution >= 4 is 47.6 Å². The average Bonchev–Trinajstić information content (AvgIpc) is 2.50. The van der Waals surface area contributed by atoms with Gasteiger partial charge >= 0.3 is 0 Å². The third kappa shape index (κ3) is 7.39. The molecule has 5 nitrogen and oxygen atoms in total. The van der Waals surface area contributed by atoms with Gasteiger partial charge in [0.1, 0.15) is 6.54 Å². The summed E-state index contributed by atoms with van der Waals surface area (Å²) < 4.78 is 0. The molecular formula is C15H31IN4OS. The van der Waals surface area contributed by atoms with Gasteiger partial charge in [-0.25, -0.2) is 4.99 Å². The van der Waals surface area contributed by atoms with E-state index in [9.17, 15) is 4.79 Å². The summed E-state index contributed by atoms with van der Waals surface area (Å²) in [5.41, 5.74) is 0. The van der Waals surface area contributed by atoms with Crippen LogP contribution in [0.15, 0.2) is 4.99 Å². The normalized spacial score (nSPS) is 20.1. The summed E-state index contributed by atoms with van der Waals surface area (Å²) >= 11 is 2.04. The van der Waals surface area contributed by atoms with Crippen molar-refractivity contribution in [3.63, 3.8) is 0 Å². The Balaban J connectivity index is 0.00000441. The first-order chi connectivity index (χ1) is 9.97. The highest BCUT2D eigenvalue weighted by molar-refractivity contribution is 14.0. The molecule has 0 aromatic rings. The first kappa shape index (κ1) is 21.8. The van der Waals surface area contributed by atoms with Gasteiger partial charge in [0.05, 0.1) is 0 Å². The Morgan fingerprint density at radius 1 is 1.45 bits per heavy atom. The number of likely N-dealkylation sites (N-methyl/N-ethyl adjacent to an activating group) is 1. The molecule has 0 bridgehead atoms. The minimum absolute atomic E-state index is 0. The van der Waals surface area contributed by atoms with Gasteiger partial charge in [-0.1, -0.05) is 13.8 Å². The number of hydrogen-bond donors (Lipinski definition) is 1. The molecule has 22 heavy (non-hydrogen) atoms. The number of nitrogens with one attached hydrogen (secondary N) is 1. The summed E-state index contributed by atoms with van der Waals surface area (Å²) in [6, 6.07) is 0.368. The lowest BCUT2D eigenvalue weighted by Crippen LogP contribution is -2.50. The summed E-state index contributed by atoms with van der Waals surface area (Å²) in [5.74, 6) is 2.05. The van der Waals surface area contributed by atoms with Crippen LogP contribution in [0.4, 0.5) is 0 Å². The van der Waals surface area contributed by atoms with Crippen molar-refractivity contribution in [2.45, 2.75) is 44.9 Å². The van der Waals surface area contributed by atoms with E-state index in [2.05, 4.69) is 36.0 Å². The van der Waals surface area contributed by atoms with Crippen molar-refractivity contribution in [1.29, 1.82) is 0 Å². The molecule has 7 heteroatoms. The van der Waals surface area contributed by atoms with E-state index in [1.165, 1.54) is 6.42 Å². The van der Waals surface area contributed by atoms with Crippen molar-refractivity contribution in [3.8, 4) is 0 Å². The van der Waals surface area contributed by atoms with Crippen LogP contribution in [-0.4, -0.2) is 72.4 Å².